The van der Waals surface area contributed by atoms with Crippen molar-refractivity contribution in [3.05, 3.63) is 48.0 Å². The number of pyridine rings is 1. The molecular formula is C18H20N6O2. The molecule has 8 heteroatoms. The number of carbonyl (C=O) groups excluding carboxylic acids is 1. The first kappa shape index (κ1) is 16.3. The topological polar surface area (TPSA) is 106 Å². The van der Waals surface area contributed by atoms with E-state index in [2.05, 4.69) is 20.7 Å². The number of morpholine rings is 1. The summed E-state index contributed by atoms with van der Waals surface area (Å²) in [6.45, 7) is 2.52. The Morgan fingerprint density at radius 1 is 1.38 bits per heavy atom. The number of ketones is 1. The number of hydrogen-bond donors (Lipinski definition) is 3. The Morgan fingerprint density at radius 2 is 2.31 bits per heavy atom. The quantitative estimate of drug-likeness (QED) is 0.550. The molecule has 0 bridgehead atoms. The van der Waals surface area contributed by atoms with E-state index >= 15 is 0 Å². The highest BCUT2D eigenvalue weighted by molar-refractivity contribution is 6.49. The molecule has 4 N–H and O–H groups in total. The molecule has 2 aliphatic rings. The van der Waals surface area contributed by atoms with Crippen molar-refractivity contribution in [1.82, 2.24) is 14.9 Å². The summed E-state index contributed by atoms with van der Waals surface area (Å²) in [5.41, 5.74) is 8.05. The zero-order chi connectivity index (χ0) is 17.9. The molecule has 3 heterocycles. The van der Waals surface area contributed by atoms with Crippen LogP contribution >= 0.6 is 0 Å². The molecule has 134 valence electrons. The summed E-state index contributed by atoms with van der Waals surface area (Å²) in [6.07, 6.45) is 5.87. The molecule has 1 saturated heterocycles. The van der Waals surface area contributed by atoms with E-state index < -0.39 is 0 Å². The van der Waals surface area contributed by atoms with Gasteiger partial charge in [-0.2, -0.15) is 0 Å². The molecule has 0 saturated carbocycles. The Kier molecular flexibility index (Phi) is 4.40. The summed E-state index contributed by atoms with van der Waals surface area (Å²) in [5, 5.41) is 10.9. The van der Waals surface area contributed by atoms with Crippen molar-refractivity contribution in [2.45, 2.75) is 6.42 Å². The van der Waals surface area contributed by atoms with Crippen LogP contribution in [0.25, 0.3) is 5.52 Å². The zero-order valence-corrected chi connectivity index (χ0v) is 14.2. The fourth-order valence-corrected chi connectivity index (χ4v) is 2.89. The van der Waals surface area contributed by atoms with Gasteiger partial charge >= 0.3 is 0 Å². The van der Waals surface area contributed by atoms with E-state index in [1.807, 2.05) is 24.4 Å². The van der Waals surface area contributed by atoms with Gasteiger partial charge in [0.1, 0.15) is 23.8 Å². The van der Waals surface area contributed by atoms with E-state index in [1.165, 1.54) is 6.08 Å². The maximum Gasteiger partial charge on any atom is 0.206 e. The van der Waals surface area contributed by atoms with E-state index in [0.717, 1.165) is 11.9 Å². The van der Waals surface area contributed by atoms with E-state index in [9.17, 15) is 4.79 Å². The molecule has 2 aromatic rings. The maximum absolute atomic E-state index is 12.5. The highest BCUT2D eigenvalue weighted by Gasteiger charge is 2.23. The number of nitrogens with zero attached hydrogens (tertiary/aromatic N) is 3. The first-order valence-corrected chi connectivity index (χ1v) is 8.61. The molecule has 0 spiro atoms. The number of aromatic nitrogens is 2. The van der Waals surface area contributed by atoms with Gasteiger partial charge in [0.2, 0.25) is 5.78 Å². The maximum atomic E-state index is 12.5. The standard InChI is InChI=1S/C18H20N6O2/c19-5-3-6-21-18-17(14-4-1-2-8-24(14)23-18)22-12-11-16-13(10-15(12)25)20-7-9-26-16/h1-2,4,8,10-11,20H,3,5-7,9,19H2,(H,21,23). The van der Waals surface area contributed by atoms with Crippen molar-refractivity contribution >= 4 is 28.5 Å². The second-order valence-corrected chi connectivity index (χ2v) is 6.00. The van der Waals surface area contributed by atoms with E-state index in [-0.39, 0.29) is 5.78 Å². The molecule has 1 aliphatic carbocycles. The molecule has 26 heavy (non-hydrogen) atoms. The summed E-state index contributed by atoms with van der Waals surface area (Å²) in [6, 6.07) is 5.73. The fraction of sp³-hybridized carbons (Fsp3) is 0.278. The van der Waals surface area contributed by atoms with Crippen molar-refractivity contribution in [2.75, 3.05) is 31.6 Å². The Bertz CT molecular complexity index is 940. The van der Waals surface area contributed by atoms with Crippen molar-refractivity contribution in [2.24, 2.45) is 10.7 Å². The first-order chi connectivity index (χ1) is 12.8. The van der Waals surface area contributed by atoms with Crippen LogP contribution in [-0.2, 0) is 9.53 Å². The van der Waals surface area contributed by atoms with Gasteiger partial charge in [0.05, 0.1) is 11.2 Å². The number of allylic oxidation sites excluding steroid dienone is 2. The Balaban J connectivity index is 1.74. The van der Waals surface area contributed by atoms with Crippen molar-refractivity contribution < 1.29 is 9.53 Å². The number of aliphatic imine (C=N–C) groups is 1. The van der Waals surface area contributed by atoms with Crippen LogP contribution in [0.15, 0.2) is 53.0 Å². The van der Waals surface area contributed by atoms with Gasteiger partial charge in [-0.1, -0.05) is 6.07 Å². The first-order valence-electron chi connectivity index (χ1n) is 8.61. The van der Waals surface area contributed by atoms with Gasteiger partial charge in [-0.3, -0.25) is 4.79 Å². The number of hydrogen-bond acceptors (Lipinski definition) is 7. The van der Waals surface area contributed by atoms with E-state index in [4.69, 9.17) is 10.5 Å². The molecule has 0 amide bonds. The van der Waals surface area contributed by atoms with E-state index in [0.29, 0.717) is 54.9 Å². The molecule has 0 unspecified atom stereocenters. The SMILES string of the molecule is NCCCNc1nn2ccccc2c1N=C1C=C2OCCNC2=CC1=O. The van der Waals surface area contributed by atoms with Gasteiger partial charge in [0, 0.05) is 31.4 Å². The third-order valence-electron chi connectivity index (χ3n) is 4.16. The summed E-state index contributed by atoms with van der Waals surface area (Å²) in [7, 11) is 0. The Hall–Kier alpha value is -3.13. The largest absolute Gasteiger partial charge is 0.490 e. The molecule has 0 atom stereocenters. The minimum atomic E-state index is -0.162. The van der Waals surface area contributed by atoms with Gasteiger partial charge in [0.25, 0.3) is 0 Å². The number of carbonyl (C=O) groups is 1. The number of anilines is 1. The molecule has 1 aliphatic heterocycles. The van der Waals surface area contributed by atoms with Gasteiger partial charge < -0.3 is 21.1 Å². The number of nitrogens with two attached hydrogens (primary N) is 1. The van der Waals surface area contributed by atoms with Crippen molar-refractivity contribution in [1.29, 1.82) is 0 Å². The average Bonchev–Trinajstić information content (AvgIpc) is 3.00. The van der Waals surface area contributed by atoms with Gasteiger partial charge in [-0.15, -0.1) is 5.10 Å². The third kappa shape index (κ3) is 3.06. The monoisotopic (exact) mass is 352 g/mol. The lowest BCUT2D eigenvalue weighted by molar-refractivity contribution is -0.109. The second-order valence-electron chi connectivity index (χ2n) is 6.00. The van der Waals surface area contributed by atoms with Crippen LogP contribution in [0.3, 0.4) is 0 Å². The average molecular weight is 352 g/mol. The third-order valence-corrected chi connectivity index (χ3v) is 4.16. The van der Waals surface area contributed by atoms with Gasteiger partial charge in [-0.05, 0) is 25.1 Å². The summed E-state index contributed by atoms with van der Waals surface area (Å²) < 4.78 is 7.36. The molecular weight excluding hydrogens is 332 g/mol. The highest BCUT2D eigenvalue weighted by Crippen LogP contribution is 2.31. The van der Waals surface area contributed by atoms with Crippen molar-refractivity contribution in [3.63, 3.8) is 0 Å². The fourth-order valence-electron chi connectivity index (χ4n) is 2.89. The lowest BCUT2D eigenvalue weighted by Gasteiger charge is -2.23. The summed E-state index contributed by atoms with van der Waals surface area (Å²) in [4.78, 5) is 17.1. The smallest absolute Gasteiger partial charge is 0.206 e. The summed E-state index contributed by atoms with van der Waals surface area (Å²) in [5.74, 6) is 1.11. The molecule has 0 radical (unpaired) electrons. The van der Waals surface area contributed by atoms with Crippen LogP contribution in [0.1, 0.15) is 6.42 Å². The van der Waals surface area contributed by atoms with Crippen LogP contribution < -0.4 is 16.4 Å². The van der Waals surface area contributed by atoms with Gasteiger partial charge in [0.15, 0.2) is 5.82 Å². The van der Waals surface area contributed by atoms with E-state index in [1.54, 1.807) is 10.6 Å². The van der Waals surface area contributed by atoms with Crippen LogP contribution in [0.4, 0.5) is 11.5 Å². The second kappa shape index (κ2) is 7.01. The van der Waals surface area contributed by atoms with Crippen LogP contribution in [0.2, 0.25) is 0 Å². The molecule has 4 rings (SSSR count). The predicted molar refractivity (Wildman–Crippen MR) is 99.6 cm³/mol. The predicted octanol–water partition coefficient (Wildman–Crippen LogP) is 1.14. The van der Waals surface area contributed by atoms with Crippen molar-refractivity contribution in [3.8, 4) is 0 Å². The number of fused-ring (bicyclic) bond motifs is 2. The Labute approximate surface area is 150 Å². The van der Waals surface area contributed by atoms with Crippen LogP contribution in [0.5, 0.6) is 0 Å². The number of nitrogens with one attached hydrogen (secondary N) is 2. The number of rotatable bonds is 5. The van der Waals surface area contributed by atoms with Crippen LogP contribution in [0, 0.1) is 0 Å². The molecule has 1 fully saturated rings. The van der Waals surface area contributed by atoms with Crippen LogP contribution in [-0.4, -0.2) is 47.4 Å². The molecule has 8 nitrogen and oxygen atoms in total. The van der Waals surface area contributed by atoms with Gasteiger partial charge in [-0.25, -0.2) is 9.51 Å². The Morgan fingerprint density at radius 3 is 3.19 bits per heavy atom. The lowest BCUT2D eigenvalue weighted by atomic mass is 10.1. The molecule has 0 aromatic carbocycles. The molecule has 2 aromatic heterocycles. The number of ether oxygens (including phenoxy) is 1. The minimum Gasteiger partial charge on any atom is -0.490 e. The zero-order valence-electron chi connectivity index (χ0n) is 14.2. The normalized spacial score (nSPS) is 18.0. The minimum absolute atomic E-state index is 0.162. The highest BCUT2D eigenvalue weighted by atomic mass is 16.5. The summed E-state index contributed by atoms with van der Waals surface area (Å²) >= 11 is 0. The lowest BCUT2D eigenvalue weighted by Crippen LogP contribution is -2.31.